The van der Waals surface area contributed by atoms with Crippen molar-refractivity contribution in [1.29, 1.82) is 0 Å². The molecule has 0 aliphatic heterocycles. The van der Waals surface area contributed by atoms with E-state index in [1.165, 1.54) is 13.8 Å². The van der Waals surface area contributed by atoms with E-state index < -0.39 is 127 Å². The Hall–Kier alpha value is -4.85. The van der Waals surface area contributed by atoms with Crippen molar-refractivity contribution < 1.29 is 53.4 Å². The van der Waals surface area contributed by atoms with E-state index >= 15 is 0 Å². The number of carboxylic acid groups (broad SMARTS) is 1. The minimum Gasteiger partial charge on any atom is -0.480 e. The van der Waals surface area contributed by atoms with Gasteiger partial charge in [0, 0.05) is 12.5 Å². The van der Waals surface area contributed by atoms with Crippen LogP contribution in [0.1, 0.15) is 115 Å². The van der Waals surface area contributed by atoms with Crippen LogP contribution in [0.5, 0.6) is 0 Å². The first kappa shape index (κ1) is 56.1. The summed E-state index contributed by atoms with van der Waals surface area (Å²) in [6, 6.07) is -7.60. The first-order valence-corrected chi connectivity index (χ1v) is 21.3. The van der Waals surface area contributed by atoms with Gasteiger partial charge in [-0.3, -0.25) is 38.4 Å². The van der Waals surface area contributed by atoms with Gasteiger partial charge in [0.1, 0.15) is 30.2 Å². The SMILES string of the molecule is CC[C@H](C)C(CC(=O)NCC(=O)N[C@H](C(=O)N[C@@H](CC(C)C)C(=O)N[C@H](C(=O)N[C@H](C(=O)O)C(C)C)[C@@H](C)O)[C@@H](C)CC)NC(=O)CNC(=O)[C@H](CC(C)C)NC(=O)[C@H](C)N. The van der Waals surface area contributed by atoms with Crippen LogP contribution >= 0.6 is 0 Å². The summed E-state index contributed by atoms with van der Waals surface area (Å²) >= 11 is 0. The van der Waals surface area contributed by atoms with Gasteiger partial charge in [0.15, 0.2) is 0 Å². The van der Waals surface area contributed by atoms with E-state index in [1.807, 2.05) is 27.7 Å². The van der Waals surface area contributed by atoms with Gasteiger partial charge in [-0.15, -0.1) is 0 Å². The predicted molar refractivity (Wildman–Crippen MR) is 228 cm³/mol. The lowest BCUT2D eigenvalue weighted by Crippen LogP contribution is -2.61. The molecule has 350 valence electrons. The van der Waals surface area contributed by atoms with E-state index in [0.717, 1.165) is 0 Å². The topological polar surface area (TPSA) is 316 Å². The number of nitrogens with one attached hydrogen (secondary N) is 8. The molecule has 10 atom stereocenters. The summed E-state index contributed by atoms with van der Waals surface area (Å²) in [5.74, 6) is -7.86. The quantitative estimate of drug-likeness (QED) is 0.0459. The van der Waals surface area contributed by atoms with E-state index in [-0.39, 0.29) is 30.6 Å². The number of aliphatic carboxylic acids is 1. The van der Waals surface area contributed by atoms with Crippen LogP contribution in [0.4, 0.5) is 0 Å². The van der Waals surface area contributed by atoms with Crippen molar-refractivity contribution in [2.75, 3.05) is 13.1 Å². The Morgan fingerprint density at radius 2 is 0.967 bits per heavy atom. The van der Waals surface area contributed by atoms with Crippen molar-refractivity contribution in [3.05, 3.63) is 0 Å². The van der Waals surface area contributed by atoms with Gasteiger partial charge in [0.25, 0.3) is 0 Å². The Labute approximate surface area is 360 Å². The van der Waals surface area contributed by atoms with Crippen molar-refractivity contribution in [2.45, 2.75) is 164 Å². The number of rotatable bonds is 28. The Kier molecular flexibility index (Phi) is 25.7. The molecule has 0 aliphatic carbocycles. The first-order chi connectivity index (χ1) is 28.2. The zero-order chi connectivity index (χ0) is 47.3. The summed E-state index contributed by atoms with van der Waals surface area (Å²) in [6.45, 7) is 19.5. The minimum atomic E-state index is -1.55. The monoisotopic (exact) mass is 870 g/mol. The molecule has 0 rings (SSSR count). The van der Waals surface area contributed by atoms with Crippen LogP contribution < -0.4 is 48.3 Å². The molecule has 0 saturated heterocycles. The van der Waals surface area contributed by atoms with Crippen LogP contribution in [0, 0.1) is 29.6 Å². The molecule has 0 aliphatic rings. The second-order valence-corrected chi connectivity index (χ2v) is 17.2. The fourth-order valence-electron chi connectivity index (χ4n) is 5.99. The third-order valence-corrected chi connectivity index (χ3v) is 10.2. The van der Waals surface area contributed by atoms with Crippen molar-refractivity contribution in [1.82, 2.24) is 42.5 Å². The number of hydrogen-bond donors (Lipinski definition) is 11. The number of aliphatic hydroxyl groups is 1. The molecule has 0 saturated carbocycles. The summed E-state index contributed by atoms with van der Waals surface area (Å²) in [4.78, 5) is 116. The molecule has 20 nitrogen and oxygen atoms in total. The van der Waals surface area contributed by atoms with E-state index in [1.54, 1.807) is 41.5 Å². The summed E-state index contributed by atoms with van der Waals surface area (Å²) in [7, 11) is 0. The number of carbonyl (C=O) groups excluding carboxylic acids is 8. The van der Waals surface area contributed by atoms with Crippen LogP contribution in [0.2, 0.25) is 0 Å². The number of carbonyl (C=O) groups is 9. The predicted octanol–water partition coefficient (Wildman–Crippen LogP) is -0.829. The highest BCUT2D eigenvalue weighted by Crippen LogP contribution is 2.14. The molecule has 20 heteroatoms. The number of carboxylic acids is 1. The van der Waals surface area contributed by atoms with Gasteiger partial charge in [-0.25, -0.2) is 4.79 Å². The number of aliphatic hydroxyl groups excluding tert-OH is 1. The lowest BCUT2D eigenvalue weighted by molar-refractivity contribution is -0.144. The molecular weight excluding hydrogens is 795 g/mol. The van der Waals surface area contributed by atoms with Crippen LogP contribution in [-0.2, 0) is 43.2 Å². The lowest BCUT2D eigenvalue weighted by atomic mass is 9.95. The average Bonchev–Trinajstić information content (AvgIpc) is 3.16. The maximum absolute atomic E-state index is 13.7. The summed E-state index contributed by atoms with van der Waals surface area (Å²) in [5.41, 5.74) is 5.63. The molecule has 8 amide bonds. The highest BCUT2D eigenvalue weighted by Gasteiger charge is 2.35. The van der Waals surface area contributed by atoms with E-state index in [2.05, 4.69) is 42.5 Å². The summed E-state index contributed by atoms with van der Waals surface area (Å²) < 4.78 is 0. The molecule has 12 N–H and O–H groups in total. The minimum absolute atomic E-state index is 0.0534. The van der Waals surface area contributed by atoms with Gasteiger partial charge < -0.3 is 58.5 Å². The Balaban J connectivity index is 5.72. The van der Waals surface area contributed by atoms with Crippen molar-refractivity contribution in [3.8, 4) is 0 Å². The summed E-state index contributed by atoms with van der Waals surface area (Å²) in [5, 5.41) is 40.3. The van der Waals surface area contributed by atoms with Crippen molar-refractivity contribution >= 4 is 53.2 Å². The van der Waals surface area contributed by atoms with Gasteiger partial charge in [0.05, 0.1) is 25.2 Å². The third-order valence-electron chi connectivity index (χ3n) is 10.2. The highest BCUT2D eigenvalue weighted by atomic mass is 16.4. The molecule has 0 aromatic heterocycles. The Bertz CT molecular complexity index is 1490. The maximum atomic E-state index is 13.7. The molecule has 0 heterocycles. The van der Waals surface area contributed by atoms with Crippen LogP contribution in [-0.4, -0.2) is 125 Å². The highest BCUT2D eigenvalue weighted by molar-refractivity contribution is 5.96. The average molecular weight is 870 g/mol. The third kappa shape index (κ3) is 21.5. The lowest BCUT2D eigenvalue weighted by Gasteiger charge is -2.29. The van der Waals surface area contributed by atoms with E-state index in [0.29, 0.717) is 19.3 Å². The Morgan fingerprint density at radius 1 is 0.508 bits per heavy atom. The standard InChI is InChI=1S/C41H75N9O11/c1-13-23(9)27(45-31(53)19-44-37(56)28(15-20(3)4)46-36(55)25(11)42)17-30(52)43-18-32(54)48-34(24(10)14-2)39(58)47-29(16-21(5)6)38(57)50-35(26(12)51)40(59)49-33(22(7)8)41(60)61/h20-29,33-35,51H,13-19,42H2,1-12H3,(H,43,52)(H,44,56)(H,45,53)(H,46,55)(H,47,58)(H,48,54)(H,49,59)(H,50,57)(H,60,61)/t23-,24-,25-,26+,27?,28-,29-,33-,34-,35-/m0/s1. The number of nitrogens with two attached hydrogens (primary N) is 1. The molecule has 0 radical (unpaired) electrons. The molecule has 0 aromatic rings. The van der Waals surface area contributed by atoms with Crippen LogP contribution in [0.25, 0.3) is 0 Å². The zero-order valence-corrected chi connectivity index (χ0v) is 38.1. The number of hydrogen-bond acceptors (Lipinski definition) is 11. The fraction of sp³-hybridized carbons (Fsp3) is 0.780. The summed E-state index contributed by atoms with van der Waals surface area (Å²) in [6.07, 6.45) is -0.182. The molecule has 61 heavy (non-hydrogen) atoms. The fourth-order valence-corrected chi connectivity index (χ4v) is 5.99. The zero-order valence-electron chi connectivity index (χ0n) is 38.1. The maximum Gasteiger partial charge on any atom is 0.326 e. The van der Waals surface area contributed by atoms with E-state index in [9.17, 15) is 53.4 Å². The second-order valence-electron chi connectivity index (χ2n) is 17.2. The van der Waals surface area contributed by atoms with Crippen molar-refractivity contribution in [2.24, 2.45) is 35.3 Å². The van der Waals surface area contributed by atoms with Gasteiger partial charge >= 0.3 is 5.97 Å². The van der Waals surface area contributed by atoms with Crippen molar-refractivity contribution in [3.63, 3.8) is 0 Å². The molecule has 0 spiro atoms. The normalized spacial score (nSPS) is 16.3. The van der Waals surface area contributed by atoms with Crippen LogP contribution in [0.15, 0.2) is 0 Å². The molecule has 0 bridgehead atoms. The second kappa shape index (κ2) is 27.9. The van der Waals surface area contributed by atoms with Gasteiger partial charge in [-0.05, 0) is 56.3 Å². The van der Waals surface area contributed by atoms with Gasteiger partial charge in [-0.1, -0.05) is 82.1 Å². The molecule has 0 aromatic carbocycles. The molecule has 1 unspecified atom stereocenters. The number of amides is 8. The molecular formula is C41H75N9O11. The molecule has 0 fully saturated rings. The largest absolute Gasteiger partial charge is 0.480 e. The smallest absolute Gasteiger partial charge is 0.326 e. The van der Waals surface area contributed by atoms with Gasteiger partial charge in [0.2, 0.25) is 47.3 Å². The van der Waals surface area contributed by atoms with E-state index in [4.69, 9.17) is 5.73 Å². The van der Waals surface area contributed by atoms with Crippen LogP contribution in [0.3, 0.4) is 0 Å². The Morgan fingerprint density at radius 3 is 1.43 bits per heavy atom. The first-order valence-electron chi connectivity index (χ1n) is 21.3. The van der Waals surface area contributed by atoms with Gasteiger partial charge in [-0.2, -0.15) is 0 Å².